The largest absolute Gasteiger partial charge is 0.325 e. The van der Waals surface area contributed by atoms with E-state index in [1.54, 1.807) is 24.3 Å². The Morgan fingerprint density at radius 1 is 1.37 bits per heavy atom. The predicted octanol–water partition coefficient (Wildman–Crippen LogP) is 3.31. The molecule has 0 aliphatic heterocycles. The van der Waals surface area contributed by atoms with Gasteiger partial charge in [-0.15, -0.1) is 0 Å². The monoisotopic (exact) mass is 288 g/mol. The van der Waals surface area contributed by atoms with Gasteiger partial charge in [-0.1, -0.05) is 32.0 Å². The molecule has 1 aromatic carbocycles. The number of nitrogens with one attached hydrogen (secondary N) is 1. The summed E-state index contributed by atoms with van der Waals surface area (Å²) in [6, 6.07) is 5.69. The lowest BCUT2D eigenvalue weighted by molar-refractivity contribution is -0.118. The van der Waals surface area contributed by atoms with E-state index in [1.807, 2.05) is 13.8 Å². The molecule has 0 fully saturated rings. The molecule has 2 atom stereocenters. The number of hydrogen-bond donors (Lipinski definition) is 2. The van der Waals surface area contributed by atoms with E-state index < -0.39 is 11.8 Å². The molecule has 1 unspecified atom stereocenters. The van der Waals surface area contributed by atoms with Crippen LogP contribution in [0.2, 0.25) is 0 Å². The van der Waals surface area contributed by atoms with Crippen LogP contribution in [0.15, 0.2) is 29.2 Å². The molecular formula is C13H18F2N2OS. The lowest BCUT2D eigenvalue weighted by Gasteiger charge is -2.17. The van der Waals surface area contributed by atoms with Crippen molar-refractivity contribution in [1.29, 1.82) is 0 Å². The zero-order valence-corrected chi connectivity index (χ0v) is 11.7. The minimum absolute atomic E-state index is 0.0914. The van der Waals surface area contributed by atoms with E-state index in [-0.39, 0.29) is 11.8 Å². The third kappa shape index (κ3) is 5.16. The number of rotatable bonds is 6. The van der Waals surface area contributed by atoms with E-state index in [0.717, 1.165) is 6.42 Å². The molecule has 0 saturated heterocycles. The second kappa shape index (κ2) is 7.45. The van der Waals surface area contributed by atoms with E-state index in [0.29, 0.717) is 22.3 Å². The Hall–Kier alpha value is -1.14. The molecule has 3 nitrogen and oxygen atoms in total. The standard InChI is InChI=1S/C13H18F2N2OS/c1-3-8(2)11(16)12(18)17-9-4-6-10(7-5-9)19-13(14)15/h4-8,11,13H,3,16H2,1-2H3,(H,17,18)/t8?,11-/m0/s1. The topological polar surface area (TPSA) is 55.1 Å². The van der Waals surface area contributed by atoms with Crippen molar-refractivity contribution in [1.82, 2.24) is 0 Å². The molecule has 106 valence electrons. The molecule has 0 saturated carbocycles. The van der Waals surface area contributed by atoms with Crippen molar-refractivity contribution in [2.24, 2.45) is 11.7 Å². The molecule has 6 heteroatoms. The molecule has 1 rings (SSSR count). The van der Waals surface area contributed by atoms with Gasteiger partial charge < -0.3 is 11.1 Å². The highest BCUT2D eigenvalue weighted by Crippen LogP contribution is 2.26. The first kappa shape index (κ1) is 15.9. The van der Waals surface area contributed by atoms with Crippen LogP contribution in [-0.4, -0.2) is 17.7 Å². The minimum atomic E-state index is -2.45. The van der Waals surface area contributed by atoms with E-state index in [1.165, 1.54) is 0 Å². The fourth-order valence-corrected chi connectivity index (χ4v) is 1.96. The average molecular weight is 288 g/mol. The maximum atomic E-state index is 12.1. The SMILES string of the molecule is CCC(C)[C@H](N)C(=O)Nc1ccc(SC(F)F)cc1. The number of carbonyl (C=O) groups is 1. The summed E-state index contributed by atoms with van der Waals surface area (Å²) in [5.41, 5.74) is 6.36. The molecule has 1 aromatic rings. The number of thioether (sulfide) groups is 1. The van der Waals surface area contributed by atoms with Gasteiger partial charge in [0.1, 0.15) is 0 Å². The third-order valence-electron chi connectivity index (χ3n) is 2.91. The zero-order valence-electron chi connectivity index (χ0n) is 10.9. The number of anilines is 1. The fourth-order valence-electron chi connectivity index (χ4n) is 1.46. The zero-order chi connectivity index (χ0) is 14.4. The van der Waals surface area contributed by atoms with E-state index in [9.17, 15) is 13.6 Å². The van der Waals surface area contributed by atoms with Gasteiger partial charge in [0.05, 0.1) is 6.04 Å². The van der Waals surface area contributed by atoms with E-state index in [4.69, 9.17) is 5.73 Å². The first-order chi connectivity index (χ1) is 8.93. The van der Waals surface area contributed by atoms with Crippen molar-refractivity contribution in [3.63, 3.8) is 0 Å². The van der Waals surface area contributed by atoms with Crippen molar-refractivity contribution in [2.75, 3.05) is 5.32 Å². The maximum absolute atomic E-state index is 12.1. The molecule has 1 amide bonds. The van der Waals surface area contributed by atoms with Crippen LogP contribution in [-0.2, 0) is 4.79 Å². The van der Waals surface area contributed by atoms with Gasteiger partial charge in [0.25, 0.3) is 5.76 Å². The molecular weight excluding hydrogens is 270 g/mol. The van der Waals surface area contributed by atoms with Crippen LogP contribution in [0.5, 0.6) is 0 Å². The van der Waals surface area contributed by atoms with Gasteiger partial charge in [0.2, 0.25) is 5.91 Å². The molecule has 19 heavy (non-hydrogen) atoms. The maximum Gasteiger partial charge on any atom is 0.288 e. The number of amides is 1. The van der Waals surface area contributed by atoms with Crippen molar-refractivity contribution in [3.8, 4) is 0 Å². The Morgan fingerprint density at radius 3 is 2.42 bits per heavy atom. The van der Waals surface area contributed by atoms with Crippen LogP contribution in [0.25, 0.3) is 0 Å². The Morgan fingerprint density at radius 2 is 1.95 bits per heavy atom. The van der Waals surface area contributed by atoms with Crippen LogP contribution in [0.4, 0.5) is 14.5 Å². The molecule has 0 bridgehead atoms. The normalized spacial score (nSPS) is 14.2. The van der Waals surface area contributed by atoms with E-state index in [2.05, 4.69) is 5.32 Å². The van der Waals surface area contributed by atoms with Gasteiger partial charge in [0, 0.05) is 10.6 Å². The predicted molar refractivity (Wildman–Crippen MR) is 74.4 cm³/mol. The number of carbonyl (C=O) groups excluding carboxylic acids is 1. The lowest BCUT2D eigenvalue weighted by atomic mass is 9.99. The molecule has 3 N–H and O–H groups in total. The van der Waals surface area contributed by atoms with Crippen molar-refractivity contribution in [2.45, 2.75) is 37.0 Å². The molecule has 0 radical (unpaired) electrons. The third-order valence-corrected chi connectivity index (χ3v) is 3.63. The van der Waals surface area contributed by atoms with Gasteiger partial charge in [-0.2, -0.15) is 8.78 Å². The van der Waals surface area contributed by atoms with Crippen LogP contribution in [0.1, 0.15) is 20.3 Å². The molecule has 0 aliphatic carbocycles. The van der Waals surface area contributed by atoms with Gasteiger partial charge in [-0.05, 0) is 30.2 Å². The fraction of sp³-hybridized carbons (Fsp3) is 0.462. The summed E-state index contributed by atoms with van der Waals surface area (Å²) in [6.45, 7) is 3.88. The highest BCUT2D eigenvalue weighted by atomic mass is 32.2. The molecule has 0 aliphatic rings. The van der Waals surface area contributed by atoms with Crippen LogP contribution < -0.4 is 11.1 Å². The van der Waals surface area contributed by atoms with E-state index >= 15 is 0 Å². The van der Waals surface area contributed by atoms with Gasteiger partial charge in [-0.3, -0.25) is 4.79 Å². The van der Waals surface area contributed by atoms with Crippen LogP contribution in [0.3, 0.4) is 0 Å². The Balaban J connectivity index is 2.60. The van der Waals surface area contributed by atoms with Gasteiger partial charge in [0.15, 0.2) is 0 Å². The Labute approximate surface area is 115 Å². The summed E-state index contributed by atoms with van der Waals surface area (Å²) in [7, 11) is 0. The van der Waals surface area contributed by atoms with Gasteiger partial charge >= 0.3 is 0 Å². The number of alkyl halides is 2. The highest BCUT2D eigenvalue weighted by Gasteiger charge is 2.19. The summed E-state index contributed by atoms with van der Waals surface area (Å²) < 4.78 is 24.3. The second-order valence-corrected chi connectivity index (χ2v) is 5.37. The molecule has 0 heterocycles. The Kier molecular flexibility index (Phi) is 6.24. The van der Waals surface area contributed by atoms with Crippen LogP contribution in [0, 0.1) is 5.92 Å². The van der Waals surface area contributed by atoms with Crippen molar-refractivity contribution >= 4 is 23.4 Å². The average Bonchev–Trinajstić information content (AvgIpc) is 2.38. The summed E-state index contributed by atoms with van der Waals surface area (Å²) >= 11 is 0.470. The number of hydrogen-bond acceptors (Lipinski definition) is 3. The van der Waals surface area contributed by atoms with Gasteiger partial charge in [-0.25, -0.2) is 0 Å². The van der Waals surface area contributed by atoms with Crippen molar-refractivity contribution < 1.29 is 13.6 Å². The number of benzene rings is 1. The Bertz CT molecular complexity index is 412. The summed E-state index contributed by atoms with van der Waals surface area (Å²) in [6.07, 6.45) is 0.818. The minimum Gasteiger partial charge on any atom is -0.325 e. The first-order valence-corrected chi connectivity index (χ1v) is 6.93. The molecule has 0 spiro atoms. The quantitative estimate of drug-likeness (QED) is 0.790. The van der Waals surface area contributed by atoms with Crippen molar-refractivity contribution in [3.05, 3.63) is 24.3 Å². The smallest absolute Gasteiger partial charge is 0.288 e. The van der Waals surface area contributed by atoms with Crippen LogP contribution >= 0.6 is 11.8 Å². The molecule has 0 aromatic heterocycles. The second-order valence-electron chi connectivity index (χ2n) is 4.30. The summed E-state index contributed by atoms with van der Waals surface area (Å²) in [5.74, 6) is -2.61. The number of halogens is 2. The highest BCUT2D eigenvalue weighted by molar-refractivity contribution is 7.99. The number of nitrogens with two attached hydrogens (primary N) is 1. The first-order valence-electron chi connectivity index (χ1n) is 6.05. The lowest BCUT2D eigenvalue weighted by Crippen LogP contribution is -2.40. The summed E-state index contributed by atoms with van der Waals surface area (Å²) in [5, 5.41) is 2.68. The summed E-state index contributed by atoms with van der Waals surface area (Å²) in [4.78, 5) is 12.3.